The number of hydrogen-bond acceptors (Lipinski definition) is 4. The van der Waals surface area contributed by atoms with Crippen LogP contribution in [0, 0.1) is 0 Å². The van der Waals surface area contributed by atoms with E-state index in [0.717, 1.165) is 25.1 Å². The van der Waals surface area contributed by atoms with Crippen molar-refractivity contribution in [3.63, 3.8) is 0 Å². The number of nitrogens with two attached hydrogens (primary N) is 1. The largest absolute Gasteiger partial charge is 0.409 e. The minimum atomic E-state index is 0.101. The van der Waals surface area contributed by atoms with E-state index in [0.29, 0.717) is 12.1 Å². The van der Waals surface area contributed by atoms with Crippen molar-refractivity contribution in [3.05, 3.63) is 29.8 Å². The monoisotopic (exact) mass is 251 g/mol. The van der Waals surface area contributed by atoms with Gasteiger partial charge < -0.3 is 20.9 Å². The molecular weight excluding hydrogens is 230 g/mol. The molecule has 4 N–H and O–H groups in total. The third-order valence-electron chi connectivity index (χ3n) is 2.79. The molecular formula is C13H21N3O2. The lowest BCUT2D eigenvalue weighted by molar-refractivity contribution is 0.301. The van der Waals surface area contributed by atoms with Crippen molar-refractivity contribution < 1.29 is 10.3 Å². The molecule has 0 atom stereocenters. The maximum atomic E-state index is 9.06. The molecule has 0 amide bonds. The van der Waals surface area contributed by atoms with Gasteiger partial charge >= 0.3 is 0 Å². The maximum absolute atomic E-state index is 9.06. The average Bonchev–Trinajstić information content (AvgIpc) is 2.43. The van der Waals surface area contributed by atoms with Crippen LogP contribution in [0.25, 0.3) is 0 Å². The van der Waals surface area contributed by atoms with Gasteiger partial charge in [0.05, 0.1) is 6.61 Å². The summed E-state index contributed by atoms with van der Waals surface area (Å²) in [6.07, 6.45) is 2.20. The number of nitrogens with zero attached hydrogens (tertiary/aromatic N) is 2. The van der Waals surface area contributed by atoms with Gasteiger partial charge in [-0.25, -0.2) is 0 Å². The Bertz CT molecular complexity index is 376. The second-order valence-corrected chi connectivity index (χ2v) is 4.10. The first-order chi connectivity index (χ1) is 8.72. The first-order valence-corrected chi connectivity index (χ1v) is 6.16. The molecule has 0 aliphatic rings. The third kappa shape index (κ3) is 3.92. The predicted molar refractivity (Wildman–Crippen MR) is 73.2 cm³/mol. The molecule has 0 radical (unpaired) electrons. The van der Waals surface area contributed by atoms with Gasteiger partial charge in [-0.3, -0.25) is 0 Å². The van der Waals surface area contributed by atoms with Crippen molar-refractivity contribution in [3.8, 4) is 0 Å². The minimum Gasteiger partial charge on any atom is -0.409 e. The van der Waals surface area contributed by atoms with Crippen molar-refractivity contribution in [1.29, 1.82) is 0 Å². The Morgan fingerprint density at radius 3 is 2.44 bits per heavy atom. The van der Waals surface area contributed by atoms with Gasteiger partial charge in [0, 0.05) is 24.3 Å². The second kappa shape index (κ2) is 7.55. The molecule has 1 rings (SSSR count). The highest BCUT2D eigenvalue weighted by atomic mass is 16.4. The van der Waals surface area contributed by atoms with Gasteiger partial charge in [-0.05, 0) is 30.7 Å². The van der Waals surface area contributed by atoms with Crippen LogP contribution in [0.15, 0.2) is 29.4 Å². The van der Waals surface area contributed by atoms with Crippen LogP contribution in [-0.2, 0) is 0 Å². The summed E-state index contributed by atoms with van der Waals surface area (Å²) in [4.78, 5) is 2.12. The fraction of sp³-hybridized carbons (Fsp3) is 0.462. The zero-order valence-corrected chi connectivity index (χ0v) is 10.7. The molecule has 0 aliphatic carbocycles. The predicted octanol–water partition coefficient (Wildman–Crippen LogP) is 1.38. The molecule has 0 saturated carbocycles. The Kier molecular flexibility index (Phi) is 6.00. The Labute approximate surface area is 108 Å². The van der Waals surface area contributed by atoms with E-state index >= 15 is 0 Å². The highest BCUT2D eigenvalue weighted by molar-refractivity contribution is 5.97. The molecule has 0 bridgehead atoms. The summed E-state index contributed by atoms with van der Waals surface area (Å²) in [6, 6.07) is 7.44. The summed E-state index contributed by atoms with van der Waals surface area (Å²) in [5.74, 6) is 0.101. The van der Waals surface area contributed by atoms with E-state index in [4.69, 9.17) is 16.0 Å². The summed E-state index contributed by atoms with van der Waals surface area (Å²) in [7, 11) is 0. The standard InChI is InChI=1S/C13H21N3O2/c1-2-3-8-16(9-10-17)12-6-4-11(5-7-12)13(14)15-18/h4-7,17-18H,2-3,8-10H2,1H3,(H2,14,15). The average molecular weight is 251 g/mol. The lowest BCUT2D eigenvalue weighted by atomic mass is 10.1. The SMILES string of the molecule is CCCCN(CCO)c1ccc(C(N)=NO)cc1. The van der Waals surface area contributed by atoms with Crippen LogP contribution in [0.3, 0.4) is 0 Å². The molecule has 0 spiro atoms. The van der Waals surface area contributed by atoms with Crippen molar-refractivity contribution in [2.24, 2.45) is 10.9 Å². The normalized spacial score (nSPS) is 11.6. The number of benzene rings is 1. The molecule has 0 unspecified atom stereocenters. The summed E-state index contributed by atoms with van der Waals surface area (Å²) in [5, 5.41) is 20.6. The number of rotatable bonds is 7. The van der Waals surface area contributed by atoms with E-state index in [-0.39, 0.29) is 12.4 Å². The number of hydrogen-bond donors (Lipinski definition) is 3. The third-order valence-corrected chi connectivity index (χ3v) is 2.79. The van der Waals surface area contributed by atoms with Gasteiger partial charge in [0.1, 0.15) is 0 Å². The molecule has 1 aromatic carbocycles. The van der Waals surface area contributed by atoms with E-state index in [9.17, 15) is 0 Å². The Hall–Kier alpha value is -1.75. The van der Waals surface area contributed by atoms with Crippen LogP contribution in [0.4, 0.5) is 5.69 Å². The molecule has 0 aromatic heterocycles. The zero-order chi connectivity index (χ0) is 13.4. The van der Waals surface area contributed by atoms with Crippen molar-refractivity contribution >= 4 is 11.5 Å². The van der Waals surface area contributed by atoms with Gasteiger partial charge in [0.2, 0.25) is 0 Å². The second-order valence-electron chi connectivity index (χ2n) is 4.10. The van der Waals surface area contributed by atoms with Crippen LogP contribution in [0.1, 0.15) is 25.3 Å². The fourth-order valence-electron chi connectivity index (χ4n) is 1.74. The van der Waals surface area contributed by atoms with Crippen molar-refractivity contribution in [1.82, 2.24) is 0 Å². The molecule has 1 aromatic rings. The molecule has 0 saturated heterocycles. The molecule has 5 nitrogen and oxygen atoms in total. The Morgan fingerprint density at radius 1 is 1.28 bits per heavy atom. The van der Waals surface area contributed by atoms with Gasteiger partial charge in [-0.2, -0.15) is 0 Å². The van der Waals surface area contributed by atoms with Crippen LogP contribution in [0.2, 0.25) is 0 Å². The number of amidine groups is 1. The van der Waals surface area contributed by atoms with Gasteiger partial charge in [0.25, 0.3) is 0 Å². The van der Waals surface area contributed by atoms with Gasteiger partial charge in [-0.15, -0.1) is 0 Å². The molecule has 5 heteroatoms. The van der Waals surface area contributed by atoms with Crippen molar-refractivity contribution in [2.45, 2.75) is 19.8 Å². The maximum Gasteiger partial charge on any atom is 0.170 e. The van der Waals surface area contributed by atoms with Gasteiger partial charge in [0.15, 0.2) is 5.84 Å². The van der Waals surface area contributed by atoms with Crippen LogP contribution in [-0.4, -0.2) is 35.8 Å². The summed E-state index contributed by atoms with van der Waals surface area (Å²) in [5.41, 5.74) is 7.22. The summed E-state index contributed by atoms with van der Waals surface area (Å²) >= 11 is 0. The summed E-state index contributed by atoms with van der Waals surface area (Å²) < 4.78 is 0. The first-order valence-electron chi connectivity index (χ1n) is 6.16. The van der Waals surface area contributed by atoms with Crippen LogP contribution >= 0.6 is 0 Å². The number of aliphatic hydroxyl groups excluding tert-OH is 1. The minimum absolute atomic E-state index is 0.101. The zero-order valence-electron chi connectivity index (χ0n) is 10.7. The molecule has 18 heavy (non-hydrogen) atoms. The smallest absolute Gasteiger partial charge is 0.170 e. The molecule has 0 fully saturated rings. The van der Waals surface area contributed by atoms with E-state index in [1.54, 1.807) is 12.1 Å². The molecule has 0 aliphatic heterocycles. The topological polar surface area (TPSA) is 82.1 Å². The van der Waals surface area contributed by atoms with E-state index < -0.39 is 0 Å². The number of aliphatic hydroxyl groups is 1. The van der Waals surface area contributed by atoms with E-state index in [1.165, 1.54) is 0 Å². The van der Waals surface area contributed by atoms with Gasteiger partial charge in [-0.1, -0.05) is 18.5 Å². The molecule has 0 heterocycles. The fourth-order valence-corrected chi connectivity index (χ4v) is 1.74. The summed E-state index contributed by atoms with van der Waals surface area (Å²) in [6.45, 7) is 3.80. The van der Waals surface area contributed by atoms with E-state index in [2.05, 4.69) is 17.0 Å². The Morgan fingerprint density at radius 2 is 1.94 bits per heavy atom. The number of unbranched alkanes of at least 4 members (excludes halogenated alkanes) is 1. The lowest BCUT2D eigenvalue weighted by Gasteiger charge is -2.23. The number of anilines is 1. The van der Waals surface area contributed by atoms with E-state index in [1.807, 2.05) is 12.1 Å². The quantitative estimate of drug-likeness (QED) is 0.296. The number of oxime groups is 1. The van der Waals surface area contributed by atoms with Crippen molar-refractivity contribution in [2.75, 3.05) is 24.6 Å². The molecule has 100 valence electrons. The Balaban J connectivity index is 2.79. The van der Waals surface area contributed by atoms with Crippen LogP contribution < -0.4 is 10.6 Å². The highest BCUT2D eigenvalue weighted by Gasteiger charge is 2.06. The van der Waals surface area contributed by atoms with Crippen LogP contribution in [0.5, 0.6) is 0 Å². The lowest BCUT2D eigenvalue weighted by Crippen LogP contribution is -2.27. The highest BCUT2D eigenvalue weighted by Crippen LogP contribution is 2.15. The first kappa shape index (κ1) is 14.3.